The number of halogens is 1. The van der Waals surface area contributed by atoms with Gasteiger partial charge < -0.3 is 20.6 Å². The lowest BCUT2D eigenvalue weighted by atomic mass is 10.1. The van der Waals surface area contributed by atoms with Gasteiger partial charge in [0.15, 0.2) is 0 Å². The fourth-order valence-electron chi connectivity index (χ4n) is 1.83. The fraction of sp³-hybridized carbons (Fsp3) is 0.250. The molecule has 2 rings (SSSR count). The van der Waals surface area contributed by atoms with Crippen molar-refractivity contribution in [3.8, 4) is 5.75 Å². The van der Waals surface area contributed by atoms with Crippen molar-refractivity contribution in [1.82, 2.24) is 4.98 Å². The molecule has 1 aromatic heterocycles. The molecule has 6 heteroatoms. The summed E-state index contributed by atoms with van der Waals surface area (Å²) < 4.78 is 5.13. The standard InChI is InChI=1S/C12H13ClN2O3/c1-18-7-3-8-6(2-10(14)12(16)17)5-15-11(8)9(13)4-7/h3-5,10,15H,2,14H2,1H3,(H,16,17)/t10-/m0/s1. The maximum absolute atomic E-state index is 10.8. The summed E-state index contributed by atoms with van der Waals surface area (Å²) in [6.45, 7) is 0. The number of carboxylic acids is 1. The van der Waals surface area contributed by atoms with Crippen molar-refractivity contribution in [3.05, 3.63) is 28.9 Å². The van der Waals surface area contributed by atoms with Gasteiger partial charge in [-0.1, -0.05) is 11.6 Å². The number of aromatic nitrogens is 1. The third kappa shape index (κ3) is 2.27. The van der Waals surface area contributed by atoms with E-state index in [1.165, 1.54) is 0 Å². The predicted octanol–water partition coefficient (Wildman–Crippen LogP) is 1.78. The Labute approximate surface area is 108 Å². The van der Waals surface area contributed by atoms with E-state index in [-0.39, 0.29) is 6.42 Å². The van der Waals surface area contributed by atoms with E-state index in [1.807, 2.05) is 6.07 Å². The van der Waals surface area contributed by atoms with Gasteiger partial charge in [0, 0.05) is 24.1 Å². The number of aromatic amines is 1. The van der Waals surface area contributed by atoms with Crippen LogP contribution in [0, 0.1) is 0 Å². The molecule has 96 valence electrons. The first-order chi connectivity index (χ1) is 8.52. The number of benzene rings is 1. The molecule has 0 aliphatic carbocycles. The van der Waals surface area contributed by atoms with Crippen molar-refractivity contribution < 1.29 is 14.6 Å². The van der Waals surface area contributed by atoms with Gasteiger partial charge in [-0.2, -0.15) is 0 Å². The number of hydrogen-bond acceptors (Lipinski definition) is 3. The normalized spacial score (nSPS) is 12.6. The van der Waals surface area contributed by atoms with Gasteiger partial charge in [0.25, 0.3) is 0 Å². The van der Waals surface area contributed by atoms with Gasteiger partial charge in [-0.05, 0) is 11.6 Å². The Morgan fingerprint density at radius 3 is 2.94 bits per heavy atom. The average Bonchev–Trinajstić information content (AvgIpc) is 2.72. The van der Waals surface area contributed by atoms with Crippen LogP contribution in [0.15, 0.2) is 18.3 Å². The first-order valence-electron chi connectivity index (χ1n) is 5.34. The third-order valence-electron chi connectivity index (χ3n) is 2.79. The van der Waals surface area contributed by atoms with Crippen molar-refractivity contribution in [2.24, 2.45) is 5.73 Å². The molecule has 0 amide bonds. The molecule has 0 aliphatic heterocycles. The van der Waals surface area contributed by atoms with Crippen molar-refractivity contribution in [2.45, 2.75) is 12.5 Å². The van der Waals surface area contributed by atoms with Crippen LogP contribution in [-0.2, 0) is 11.2 Å². The molecule has 0 saturated heterocycles. The number of methoxy groups -OCH3 is 1. The van der Waals surface area contributed by atoms with Crippen LogP contribution in [0.5, 0.6) is 5.75 Å². The molecule has 0 spiro atoms. The molecule has 1 aromatic carbocycles. The Balaban J connectivity index is 2.46. The number of carboxylic acid groups (broad SMARTS) is 1. The third-order valence-corrected chi connectivity index (χ3v) is 3.09. The minimum Gasteiger partial charge on any atom is -0.497 e. The van der Waals surface area contributed by atoms with E-state index in [0.717, 1.165) is 16.5 Å². The van der Waals surface area contributed by atoms with Gasteiger partial charge in [0.2, 0.25) is 0 Å². The quantitative estimate of drug-likeness (QED) is 0.789. The van der Waals surface area contributed by atoms with Gasteiger partial charge in [-0.15, -0.1) is 0 Å². The number of aliphatic carboxylic acids is 1. The Morgan fingerprint density at radius 2 is 2.33 bits per heavy atom. The van der Waals surface area contributed by atoms with Crippen molar-refractivity contribution in [2.75, 3.05) is 7.11 Å². The summed E-state index contributed by atoms with van der Waals surface area (Å²) in [6.07, 6.45) is 1.96. The van der Waals surface area contributed by atoms with Crippen LogP contribution in [-0.4, -0.2) is 29.2 Å². The molecule has 0 unspecified atom stereocenters. The Morgan fingerprint density at radius 1 is 1.61 bits per heavy atom. The summed E-state index contributed by atoms with van der Waals surface area (Å²) in [6, 6.07) is 2.57. The maximum Gasteiger partial charge on any atom is 0.320 e. The van der Waals surface area contributed by atoms with Crippen LogP contribution in [0.1, 0.15) is 5.56 Å². The summed E-state index contributed by atoms with van der Waals surface area (Å²) in [5.41, 5.74) is 7.09. The molecule has 0 saturated carbocycles. The van der Waals surface area contributed by atoms with E-state index in [2.05, 4.69) is 4.98 Å². The number of carbonyl (C=O) groups is 1. The Kier molecular flexibility index (Phi) is 3.45. The number of H-pyrrole nitrogens is 1. The second-order valence-corrected chi connectivity index (χ2v) is 4.40. The topological polar surface area (TPSA) is 88.3 Å². The second-order valence-electron chi connectivity index (χ2n) is 3.99. The number of rotatable bonds is 4. The Hall–Kier alpha value is -1.72. The summed E-state index contributed by atoms with van der Waals surface area (Å²) in [5.74, 6) is -0.407. The zero-order chi connectivity index (χ0) is 13.3. The molecule has 1 heterocycles. The molecule has 18 heavy (non-hydrogen) atoms. The summed E-state index contributed by atoms with van der Waals surface area (Å²) in [5, 5.41) is 10.2. The van der Waals surface area contributed by atoms with Crippen LogP contribution in [0.3, 0.4) is 0 Å². The SMILES string of the molecule is COc1cc(Cl)c2[nH]cc(C[C@H](N)C(=O)O)c2c1. The van der Waals surface area contributed by atoms with Crippen molar-refractivity contribution >= 4 is 28.5 Å². The van der Waals surface area contributed by atoms with Gasteiger partial charge in [-0.3, -0.25) is 4.79 Å². The van der Waals surface area contributed by atoms with Crippen LogP contribution < -0.4 is 10.5 Å². The highest BCUT2D eigenvalue weighted by Crippen LogP contribution is 2.31. The van der Waals surface area contributed by atoms with Gasteiger partial charge in [-0.25, -0.2) is 0 Å². The lowest BCUT2D eigenvalue weighted by Crippen LogP contribution is -2.32. The summed E-state index contributed by atoms with van der Waals surface area (Å²) in [4.78, 5) is 13.8. The zero-order valence-electron chi connectivity index (χ0n) is 9.74. The molecule has 0 fully saturated rings. The number of nitrogens with one attached hydrogen (secondary N) is 1. The molecule has 0 bridgehead atoms. The average molecular weight is 269 g/mol. The monoisotopic (exact) mass is 268 g/mol. The molecular weight excluding hydrogens is 256 g/mol. The highest BCUT2D eigenvalue weighted by molar-refractivity contribution is 6.35. The molecule has 0 radical (unpaired) electrons. The van der Waals surface area contributed by atoms with E-state index in [1.54, 1.807) is 19.4 Å². The van der Waals surface area contributed by atoms with Crippen LogP contribution in [0.25, 0.3) is 10.9 Å². The lowest BCUT2D eigenvalue weighted by Gasteiger charge is -2.06. The summed E-state index contributed by atoms with van der Waals surface area (Å²) >= 11 is 6.09. The number of fused-ring (bicyclic) bond motifs is 1. The molecular formula is C12H13ClN2O3. The minimum absolute atomic E-state index is 0.235. The molecule has 4 N–H and O–H groups in total. The van der Waals surface area contributed by atoms with E-state index in [9.17, 15) is 4.79 Å². The van der Waals surface area contributed by atoms with E-state index >= 15 is 0 Å². The number of ether oxygens (including phenoxy) is 1. The molecule has 1 atom stereocenters. The first-order valence-corrected chi connectivity index (χ1v) is 5.72. The van der Waals surface area contributed by atoms with Gasteiger partial charge >= 0.3 is 5.97 Å². The highest BCUT2D eigenvalue weighted by Gasteiger charge is 2.16. The maximum atomic E-state index is 10.8. The second kappa shape index (κ2) is 4.88. The zero-order valence-corrected chi connectivity index (χ0v) is 10.5. The van der Waals surface area contributed by atoms with Gasteiger partial charge in [0.1, 0.15) is 11.8 Å². The van der Waals surface area contributed by atoms with E-state index in [4.69, 9.17) is 27.2 Å². The molecule has 2 aromatic rings. The van der Waals surface area contributed by atoms with Crippen LogP contribution >= 0.6 is 11.6 Å². The fourth-order valence-corrected chi connectivity index (χ4v) is 2.09. The smallest absolute Gasteiger partial charge is 0.320 e. The van der Waals surface area contributed by atoms with Gasteiger partial charge in [0.05, 0.1) is 17.6 Å². The number of nitrogens with two attached hydrogens (primary N) is 1. The van der Waals surface area contributed by atoms with Crippen LogP contribution in [0.2, 0.25) is 5.02 Å². The van der Waals surface area contributed by atoms with Crippen molar-refractivity contribution in [1.29, 1.82) is 0 Å². The lowest BCUT2D eigenvalue weighted by molar-refractivity contribution is -0.138. The summed E-state index contributed by atoms with van der Waals surface area (Å²) in [7, 11) is 1.55. The largest absolute Gasteiger partial charge is 0.497 e. The van der Waals surface area contributed by atoms with Crippen LogP contribution in [0.4, 0.5) is 0 Å². The molecule has 0 aliphatic rings. The van der Waals surface area contributed by atoms with E-state index < -0.39 is 12.0 Å². The predicted molar refractivity (Wildman–Crippen MR) is 69.2 cm³/mol. The number of hydrogen-bond donors (Lipinski definition) is 3. The first kappa shape index (κ1) is 12.7. The van der Waals surface area contributed by atoms with Crippen molar-refractivity contribution in [3.63, 3.8) is 0 Å². The molecule has 5 nitrogen and oxygen atoms in total. The minimum atomic E-state index is -1.03. The van der Waals surface area contributed by atoms with E-state index in [0.29, 0.717) is 10.8 Å². The highest BCUT2D eigenvalue weighted by atomic mass is 35.5. The Bertz CT molecular complexity index is 594.